The standard InChI is InChI=1S/C32H52/c1-9-10-17-28(4)19-12-21-30(6)23-14-25-32(8)26-15-24-31(7)22-13-20-29(5)18-11-16-27(2)3/h9,18-19,22-23,26H,1-2,10-17,20-21,24-25H2,3-8H3. The molecular formula is C32H52. The van der Waals surface area contributed by atoms with Crippen LogP contribution in [0.4, 0.5) is 0 Å². The van der Waals surface area contributed by atoms with E-state index in [-0.39, 0.29) is 0 Å². The van der Waals surface area contributed by atoms with Crippen molar-refractivity contribution in [2.24, 2.45) is 0 Å². The van der Waals surface area contributed by atoms with Gasteiger partial charge in [0.25, 0.3) is 0 Å². The highest BCUT2D eigenvalue weighted by Crippen LogP contribution is 2.16. The Morgan fingerprint density at radius 2 is 0.688 bits per heavy atom. The zero-order chi connectivity index (χ0) is 24.2. The Hall–Kier alpha value is -1.82. The van der Waals surface area contributed by atoms with Crippen LogP contribution in [-0.4, -0.2) is 0 Å². The lowest BCUT2D eigenvalue weighted by Gasteiger charge is -2.04. The van der Waals surface area contributed by atoms with E-state index in [1.165, 1.54) is 72.0 Å². The molecule has 0 saturated carbocycles. The maximum absolute atomic E-state index is 3.98. The van der Waals surface area contributed by atoms with E-state index in [0.29, 0.717) is 0 Å². The van der Waals surface area contributed by atoms with Gasteiger partial charge in [-0.05, 0) is 119 Å². The van der Waals surface area contributed by atoms with Crippen LogP contribution in [0.3, 0.4) is 0 Å². The lowest BCUT2D eigenvalue weighted by Crippen LogP contribution is -1.83. The largest absolute Gasteiger partial charge is 0.103 e. The average Bonchev–Trinajstić information content (AvgIpc) is 2.72. The fourth-order valence-electron chi connectivity index (χ4n) is 3.59. The molecule has 0 bridgehead atoms. The van der Waals surface area contributed by atoms with Gasteiger partial charge in [-0.25, -0.2) is 0 Å². The van der Waals surface area contributed by atoms with E-state index in [1.807, 2.05) is 6.08 Å². The summed E-state index contributed by atoms with van der Waals surface area (Å²) in [6.45, 7) is 21.2. The van der Waals surface area contributed by atoms with Crippen LogP contribution in [-0.2, 0) is 0 Å². The van der Waals surface area contributed by atoms with Crippen LogP contribution in [0.5, 0.6) is 0 Å². The molecule has 0 aliphatic rings. The Bertz CT molecular complexity index is 688. The molecule has 0 fully saturated rings. The SMILES string of the molecule is C=CCCC(C)=CCCC(C)=CCCC(C)=CCCC(C)=CCCC(C)=CCCC(=C)C. The molecule has 0 aromatic rings. The van der Waals surface area contributed by atoms with Gasteiger partial charge in [0.05, 0.1) is 0 Å². The molecule has 0 aromatic heterocycles. The molecule has 0 N–H and O–H groups in total. The summed E-state index contributed by atoms with van der Waals surface area (Å²) in [6.07, 6.45) is 27.9. The fraction of sp³-hybridized carbons (Fsp3) is 0.562. The Kier molecular flexibility index (Phi) is 18.7. The third-order valence-electron chi connectivity index (χ3n) is 5.93. The topological polar surface area (TPSA) is 0 Å². The van der Waals surface area contributed by atoms with Crippen molar-refractivity contribution in [3.8, 4) is 0 Å². The quantitative estimate of drug-likeness (QED) is 0.187. The van der Waals surface area contributed by atoms with E-state index in [2.05, 4.69) is 85.1 Å². The first-order chi connectivity index (χ1) is 15.2. The van der Waals surface area contributed by atoms with Crippen LogP contribution in [0, 0.1) is 0 Å². The van der Waals surface area contributed by atoms with Crippen molar-refractivity contribution >= 4 is 0 Å². The number of hydrogen-bond donors (Lipinski definition) is 0. The Morgan fingerprint density at radius 1 is 0.438 bits per heavy atom. The summed E-state index contributed by atoms with van der Waals surface area (Å²) >= 11 is 0. The smallest absolute Gasteiger partial charge is 0.0288 e. The van der Waals surface area contributed by atoms with Crippen LogP contribution in [0.2, 0.25) is 0 Å². The second-order valence-electron chi connectivity index (χ2n) is 9.73. The zero-order valence-electron chi connectivity index (χ0n) is 22.4. The number of rotatable bonds is 18. The third kappa shape index (κ3) is 20.1. The van der Waals surface area contributed by atoms with Crippen molar-refractivity contribution in [1.29, 1.82) is 0 Å². The summed E-state index contributed by atoms with van der Waals surface area (Å²) in [5, 5.41) is 0. The van der Waals surface area contributed by atoms with Crippen LogP contribution < -0.4 is 0 Å². The van der Waals surface area contributed by atoms with Crippen LogP contribution >= 0.6 is 0 Å². The van der Waals surface area contributed by atoms with Gasteiger partial charge in [-0.1, -0.05) is 69.9 Å². The summed E-state index contributed by atoms with van der Waals surface area (Å²) in [7, 11) is 0. The maximum atomic E-state index is 3.98. The van der Waals surface area contributed by atoms with Crippen LogP contribution in [0.1, 0.15) is 119 Å². The predicted octanol–water partition coefficient (Wildman–Crippen LogP) is 11.2. The predicted molar refractivity (Wildman–Crippen MR) is 149 cm³/mol. The highest BCUT2D eigenvalue weighted by atomic mass is 14.0. The monoisotopic (exact) mass is 436 g/mol. The third-order valence-corrected chi connectivity index (χ3v) is 5.93. The second kappa shape index (κ2) is 19.8. The first-order valence-corrected chi connectivity index (χ1v) is 12.8. The molecule has 0 atom stereocenters. The van der Waals surface area contributed by atoms with Crippen molar-refractivity contribution in [3.05, 3.63) is 83.1 Å². The van der Waals surface area contributed by atoms with Crippen molar-refractivity contribution in [3.63, 3.8) is 0 Å². The highest BCUT2D eigenvalue weighted by Gasteiger charge is 1.95. The van der Waals surface area contributed by atoms with Crippen molar-refractivity contribution in [1.82, 2.24) is 0 Å². The minimum absolute atomic E-state index is 1.09. The summed E-state index contributed by atoms with van der Waals surface area (Å²) in [6, 6.07) is 0. The Balaban J connectivity index is 4.09. The summed E-state index contributed by atoms with van der Waals surface area (Å²) in [4.78, 5) is 0. The fourth-order valence-corrected chi connectivity index (χ4v) is 3.59. The van der Waals surface area contributed by atoms with E-state index < -0.39 is 0 Å². The second-order valence-corrected chi connectivity index (χ2v) is 9.73. The summed E-state index contributed by atoms with van der Waals surface area (Å²) in [5.74, 6) is 0. The molecule has 0 nitrogen and oxygen atoms in total. The Labute approximate surface area is 201 Å². The van der Waals surface area contributed by atoms with E-state index in [0.717, 1.165) is 38.5 Å². The van der Waals surface area contributed by atoms with Crippen molar-refractivity contribution in [2.75, 3.05) is 0 Å². The molecule has 0 radical (unpaired) electrons. The lowest BCUT2D eigenvalue weighted by molar-refractivity contribution is 0.884. The van der Waals surface area contributed by atoms with Gasteiger partial charge >= 0.3 is 0 Å². The molecule has 0 aliphatic heterocycles. The van der Waals surface area contributed by atoms with Gasteiger partial charge in [-0.15, -0.1) is 13.2 Å². The van der Waals surface area contributed by atoms with Gasteiger partial charge in [0.1, 0.15) is 0 Å². The van der Waals surface area contributed by atoms with E-state index >= 15 is 0 Å². The van der Waals surface area contributed by atoms with Gasteiger partial charge in [-0.2, -0.15) is 0 Å². The van der Waals surface area contributed by atoms with Gasteiger partial charge in [-0.3, -0.25) is 0 Å². The maximum Gasteiger partial charge on any atom is -0.0288 e. The minimum Gasteiger partial charge on any atom is -0.103 e. The molecule has 0 saturated heterocycles. The van der Waals surface area contributed by atoms with E-state index in [4.69, 9.17) is 0 Å². The van der Waals surface area contributed by atoms with Crippen molar-refractivity contribution < 1.29 is 0 Å². The van der Waals surface area contributed by atoms with Gasteiger partial charge in [0.2, 0.25) is 0 Å². The normalized spacial score (nSPS) is 14.1. The van der Waals surface area contributed by atoms with Crippen LogP contribution in [0.15, 0.2) is 83.1 Å². The van der Waals surface area contributed by atoms with Gasteiger partial charge < -0.3 is 0 Å². The molecule has 0 heterocycles. The molecule has 0 unspecified atom stereocenters. The number of allylic oxidation sites excluding steroid dienone is 12. The first-order valence-electron chi connectivity index (χ1n) is 12.8. The Morgan fingerprint density at radius 3 is 0.938 bits per heavy atom. The van der Waals surface area contributed by atoms with E-state index in [9.17, 15) is 0 Å². The molecule has 0 aliphatic carbocycles. The van der Waals surface area contributed by atoms with Crippen LogP contribution in [0.25, 0.3) is 0 Å². The lowest BCUT2D eigenvalue weighted by atomic mass is 10.0. The number of hydrogen-bond acceptors (Lipinski definition) is 0. The summed E-state index contributed by atoms with van der Waals surface area (Å²) in [5.41, 5.74) is 8.85. The van der Waals surface area contributed by atoms with E-state index in [1.54, 1.807) is 0 Å². The minimum atomic E-state index is 1.09. The van der Waals surface area contributed by atoms with Gasteiger partial charge in [0.15, 0.2) is 0 Å². The van der Waals surface area contributed by atoms with Gasteiger partial charge in [0, 0.05) is 0 Å². The molecule has 0 rings (SSSR count). The average molecular weight is 437 g/mol. The molecule has 180 valence electrons. The molecule has 0 amide bonds. The molecule has 0 spiro atoms. The highest BCUT2D eigenvalue weighted by molar-refractivity contribution is 5.08. The molecule has 0 aromatic carbocycles. The van der Waals surface area contributed by atoms with Crippen molar-refractivity contribution in [2.45, 2.75) is 119 Å². The zero-order valence-corrected chi connectivity index (χ0v) is 22.4. The molecule has 32 heavy (non-hydrogen) atoms. The summed E-state index contributed by atoms with van der Waals surface area (Å²) < 4.78 is 0. The molecule has 0 heteroatoms. The molecular weight excluding hydrogens is 384 g/mol. The first kappa shape index (κ1) is 30.2.